The van der Waals surface area contributed by atoms with Gasteiger partial charge in [-0.15, -0.1) is 0 Å². The number of nitrogens with zero attached hydrogens (tertiary/aromatic N) is 2. The normalized spacial score (nSPS) is 15.4. The number of halogens is 1. The Hall–Kier alpha value is -3.65. The highest BCUT2D eigenvalue weighted by molar-refractivity contribution is 5.91. The number of aryl methyl sites for hydroxylation is 2. The monoisotopic (exact) mass is 494 g/mol. The molecule has 1 amide bonds. The van der Waals surface area contributed by atoms with E-state index in [2.05, 4.69) is 5.16 Å². The van der Waals surface area contributed by atoms with Crippen molar-refractivity contribution in [2.24, 2.45) is 0 Å². The second-order valence-corrected chi connectivity index (χ2v) is 8.82. The zero-order chi connectivity index (χ0) is 25.5. The molecule has 0 saturated carbocycles. The summed E-state index contributed by atoms with van der Waals surface area (Å²) >= 11 is 0. The van der Waals surface area contributed by atoms with Gasteiger partial charge in [0.1, 0.15) is 18.2 Å². The Morgan fingerprint density at radius 3 is 2.78 bits per heavy atom. The van der Waals surface area contributed by atoms with Gasteiger partial charge in [-0.3, -0.25) is 4.79 Å². The third-order valence-corrected chi connectivity index (χ3v) is 6.18. The van der Waals surface area contributed by atoms with Crippen molar-refractivity contribution in [2.45, 2.75) is 45.9 Å². The van der Waals surface area contributed by atoms with Crippen LogP contribution in [0.25, 0.3) is 6.08 Å². The third kappa shape index (κ3) is 6.51. The number of carbonyl (C=O) groups is 1. The lowest BCUT2D eigenvalue weighted by Crippen LogP contribution is -2.35. The molecule has 1 saturated heterocycles. The highest BCUT2D eigenvalue weighted by atomic mass is 19.1. The molecule has 0 aliphatic carbocycles. The minimum absolute atomic E-state index is 0.00913. The molecule has 1 aliphatic heterocycles. The third-order valence-electron chi connectivity index (χ3n) is 6.18. The van der Waals surface area contributed by atoms with Crippen molar-refractivity contribution in [3.05, 3.63) is 82.5 Å². The lowest BCUT2D eigenvalue weighted by Gasteiger charge is -2.24. The van der Waals surface area contributed by atoms with Crippen LogP contribution in [0.5, 0.6) is 11.5 Å². The number of hydrogen-bond donors (Lipinski definition) is 0. The SMILES string of the molecule is COc1cc(/C=C/C(=O)N(Cc2cccc(F)c2)CC2CCCO2)ccc1OCc1c(C)noc1C. The molecule has 190 valence electrons. The number of benzene rings is 2. The first kappa shape index (κ1) is 25.4. The van der Waals surface area contributed by atoms with E-state index in [4.69, 9.17) is 18.7 Å². The van der Waals surface area contributed by atoms with Crippen molar-refractivity contribution in [3.63, 3.8) is 0 Å². The molecule has 2 heterocycles. The number of aromatic nitrogens is 1. The van der Waals surface area contributed by atoms with E-state index >= 15 is 0 Å². The first-order chi connectivity index (χ1) is 17.4. The van der Waals surface area contributed by atoms with Crippen LogP contribution in [0, 0.1) is 19.7 Å². The highest BCUT2D eigenvalue weighted by Gasteiger charge is 2.22. The first-order valence-corrected chi connectivity index (χ1v) is 12.0. The van der Waals surface area contributed by atoms with E-state index in [0.29, 0.717) is 37.8 Å². The van der Waals surface area contributed by atoms with Crippen LogP contribution in [0.4, 0.5) is 4.39 Å². The molecule has 1 unspecified atom stereocenters. The largest absolute Gasteiger partial charge is 0.493 e. The standard InChI is InChI=1S/C28H31FN2O5/c1-19-25(20(2)36-30-19)18-35-26-11-9-21(15-27(26)33-3)10-12-28(32)31(17-24-8-5-13-34-24)16-22-6-4-7-23(29)14-22/h4,6-7,9-12,14-15,24H,5,8,13,16-18H2,1-3H3/b12-10+. The van der Waals surface area contributed by atoms with Gasteiger partial charge >= 0.3 is 0 Å². The van der Waals surface area contributed by atoms with Crippen LogP contribution in [-0.4, -0.2) is 42.3 Å². The molecule has 1 fully saturated rings. The van der Waals surface area contributed by atoms with Gasteiger partial charge in [-0.25, -0.2) is 4.39 Å². The Bertz CT molecular complexity index is 1200. The van der Waals surface area contributed by atoms with Gasteiger partial charge in [0.2, 0.25) is 5.91 Å². The Labute approximate surface area is 210 Å². The van der Waals surface area contributed by atoms with Crippen LogP contribution >= 0.6 is 0 Å². The van der Waals surface area contributed by atoms with E-state index in [1.165, 1.54) is 18.2 Å². The fraction of sp³-hybridized carbons (Fsp3) is 0.357. The molecule has 2 aromatic carbocycles. The number of carbonyl (C=O) groups excluding carboxylic acids is 1. The van der Waals surface area contributed by atoms with E-state index in [0.717, 1.165) is 41.0 Å². The fourth-order valence-electron chi connectivity index (χ4n) is 4.16. The van der Waals surface area contributed by atoms with Gasteiger partial charge in [0.25, 0.3) is 0 Å². The van der Waals surface area contributed by atoms with Gasteiger partial charge in [0.15, 0.2) is 11.5 Å². The number of methoxy groups -OCH3 is 1. The van der Waals surface area contributed by atoms with Gasteiger partial charge in [0.05, 0.1) is 24.5 Å². The molecular weight excluding hydrogens is 463 g/mol. The van der Waals surface area contributed by atoms with E-state index in [1.54, 1.807) is 30.2 Å². The minimum atomic E-state index is -0.323. The van der Waals surface area contributed by atoms with Crippen molar-refractivity contribution >= 4 is 12.0 Å². The second kappa shape index (κ2) is 11.9. The molecule has 3 aromatic rings. The average Bonchev–Trinajstić information content (AvgIpc) is 3.50. The number of hydrogen-bond acceptors (Lipinski definition) is 6. The van der Waals surface area contributed by atoms with Gasteiger partial charge in [-0.1, -0.05) is 23.4 Å². The summed E-state index contributed by atoms with van der Waals surface area (Å²) in [5, 5.41) is 3.95. The lowest BCUT2D eigenvalue weighted by molar-refractivity contribution is -0.128. The molecule has 0 spiro atoms. The maximum absolute atomic E-state index is 13.7. The van der Waals surface area contributed by atoms with E-state index < -0.39 is 0 Å². The summed E-state index contributed by atoms with van der Waals surface area (Å²) < 4.78 is 36.1. The molecular formula is C28H31FN2O5. The van der Waals surface area contributed by atoms with Crippen molar-refractivity contribution < 1.29 is 27.9 Å². The Morgan fingerprint density at radius 1 is 1.22 bits per heavy atom. The molecule has 1 atom stereocenters. The molecule has 1 aliphatic rings. The van der Waals surface area contributed by atoms with Gasteiger partial charge < -0.3 is 23.6 Å². The number of rotatable bonds is 10. The smallest absolute Gasteiger partial charge is 0.246 e. The van der Waals surface area contributed by atoms with Crippen LogP contribution < -0.4 is 9.47 Å². The van der Waals surface area contributed by atoms with Crippen LogP contribution in [-0.2, 0) is 22.7 Å². The molecule has 4 rings (SSSR count). The molecule has 7 nitrogen and oxygen atoms in total. The predicted molar refractivity (Wildman–Crippen MR) is 133 cm³/mol. The summed E-state index contributed by atoms with van der Waals surface area (Å²) in [6, 6.07) is 11.8. The number of ether oxygens (including phenoxy) is 3. The Kier molecular flexibility index (Phi) is 8.38. The summed E-state index contributed by atoms with van der Waals surface area (Å²) in [5.41, 5.74) is 3.20. The van der Waals surface area contributed by atoms with Crippen LogP contribution in [0.15, 0.2) is 53.1 Å². The molecule has 0 bridgehead atoms. The lowest BCUT2D eigenvalue weighted by atomic mass is 10.1. The fourth-order valence-corrected chi connectivity index (χ4v) is 4.16. The molecule has 1 aromatic heterocycles. The molecule has 0 radical (unpaired) electrons. The first-order valence-electron chi connectivity index (χ1n) is 12.0. The van der Waals surface area contributed by atoms with Gasteiger partial charge in [-0.2, -0.15) is 0 Å². The van der Waals surface area contributed by atoms with Crippen LogP contribution in [0.1, 0.15) is 41.0 Å². The predicted octanol–water partition coefficient (Wildman–Crippen LogP) is 5.24. The van der Waals surface area contributed by atoms with E-state index in [1.807, 2.05) is 32.0 Å². The summed E-state index contributed by atoms with van der Waals surface area (Å²) in [6.07, 6.45) is 5.13. The molecule has 8 heteroatoms. The highest BCUT2D eigenvalue weighted by Crippen LogP contribution is 2.30. The zero-order valence-electron chi connectivity index (χ0n) is 20.8. The molecule has 0 N–H and O–H groups in total. The van der Waals surface area contributed by atoms with Crippen LogP contribution in [0.3, 0.4) is 0 Å². The summed E-state index contributed by atoms with van der Waals surface area (Å²) in [4.78, 5) is 14.8. The quantitative estimate of drug-likeness (QED) is 0.359. The minimum Gasteiger partial charge on any atom is -0.493 e. The van der Waals surface area contributed by atoms with Crippen molar-refractivity contribution in [3.8, 4) is 11.5 Å². The summed E-state index contributed by atoms with van der Waals surface area (Å²) in [6.45, 7) is 5.48. The number of amides is 1. The Balaban J connectivity index is 1.45. The van der Waals surface area contributed by atoms with E-state index in [9.17, 15) is 9.18 Å². The van der Waals surface area contributed by atoms with Crippen molar-refractivity contribution in [2.75, 3.05) is 20.3 Å². The Morgan fingerprint density at radius 2 is 2.08 bits per heavy atom. The maximum atomic E-state index is 13.7. The van der Waals surface area contributed by atoms with Crippen LogP contribution in [0.2, 0.25) is 0 Å². The van der Waals surface area contributed by atoms with Gasteiger partial charge in [-0.05, 0) is 68.2 Å². The maximum Gasteiger partial charge on any atom is 0.246 e. The van der Waals surface area contributed by atoms with Crippen molar-refractivity contribution in [1.29, 1.82) is 0 Å². The zero-order valence-corrected chi connectivity index (χ0v) is 20.8. The van der Waals surface area contributed by atoms with Crippen molar-refractivity contribution in [1.82, 2.24) is 10.1 Å². The van der Waals surface area contributed by atoms with E-state index in [-0.39, 0.29) is 17.8 Å². The summed E-state index contributed by atoms with van der Waals surface area (Å²) in [5.74, 6) is 1.35. The summed E-state index contributed by atoms with van der Waals surface area (Å²) in [7, 11) is 1.57. The molecule has 36 heavy (non-hydrogen) atoms. The topological polar surface area (TPSA) is 74.0 Å². The van der Waals surface area contributed by atoms with Gasteiger partial charge in [0, 0.05) is 25.8 Å². The average molecular weight is 495 g/mol. The second-order valence-electron chi connectivity index (χ2n) is 8.82.